The summed E-state index contributed by atoms with van der Waals surface area (Å²) >= 11 is 1.12. The molecule has 0 aliphatic heterocycles. The fraction of sp³-hybridized carbons (Fsp3) is 0.167. The van der Waals surface area contributed by atoms with Crippen molar-refractivity contribution in [3.8, 4) is 22.9 Å². The standard InChI is InChI=1S/C18H17N3O3S/c1-12-6-3-4-9-15(12)24-11-16(22)19-18-20-17(21-25-18)13-7-5-8-14(10-13)23-2/h3-10H,11H2,1-2H3,(H,19,20,21,22). The highest BCUT2D eigenvalue weighted by molar-refractivity contribution is 7.10. The molecule has 0 fully saturated rings. The molecular weight excluding hydrogens is 338 g/mol. The second kappa shape index (κ2) is 7.76. The van der Waals surface area contributed by atoms with Crippen molar-refractivity contribution < 1.29 is 14.3 Å². The summed E-state index contributed by atoms with van der Waals surface area (Å²) in [5.74, 6) is 1.67. The van der Waals surface area contributed by atoms with Gasteiger partial charge in [-0.05, 0) is 30.7 Å². The zero-order chi connectivity index (χ0) is 17.6. The molecule has 1 amide bonds. The lowest BCUT2D eigenvalue weighted by atomic mass is 10.2. The predicted octanol–water partition coefficient (Wildman–Crippen LogP) is 3.54. The van der Waals surface area contributed by atoms with Crippen molar-refractivity contribution in [3.05, 3.63) is 54.1 Å². The van der Waals surface area contributed by atoms with Crippen LogP contribution in [0.5, 0.6) is 11.5 Å². The summed E-state index contributed by atoms with van der Waals surface area (Å²) in [6.07, 6.45) is 0. The zero-order valence-corrected chi connectivity index (χ0v) is 14.7. The maximum Gasteiger partial charge on any atom is 0.264 e. The number of methoxy groups -OCH3 is 1. The van der Waals surface area contributed by atoms with Crippen molar-refractivity contribution in [2.24, 2.45) is 0 Å². The smallest absolute Gasteiger partial charge is 0.264 e. The normalized spacial score (nSPS) is 10.3. The fourth-order valence-corrected chi connectivity index (χ4v) is 2.78. The van der Waals surface area contributed by atoms with Crippen molar-refractivity contribution >= 4 is 22.6 Å². The molecule has 0 aliphatic rings. The van der Waals surface area contributed by atoms with Crippen LogP contribution in [0.3, 0.4) is 0 Å². The van der Waals surface area contributed by atoms with Gasteiger partial charge in [0.25, 0.3) is 5.91 Å². The van der Waals surface area contributed by atoms with Gasteiger partial charge in [-0.15, -0.1) is 0 Å². The van der Waals surface area contributed by atoms with Crippen LogP contribution in [0.1, 0.15) is 5.56 Å². The number of aryl methyl sites for hydroxylation is 1. The lowest BCUT2D eigenvalue weighted by Crippen LogP contribution is -2.20. The highest BCUT2D eigenvalue weighted by atomic mass is 32.1. The van der Waals surface area contributed by atoms with Crippen LogP contribution in [0.15, 0.2) is 48.5 Å². The Morgan fingerprint density at radius 1 is 1.20 bits per heavy atom. The van der Waals surface area contributed by atoms with E-state index in [1.807, 2.05) is 55.5 Å². The van der Waals surface area contributed by atoms with Crippen LogP contribution in [0, 0.1) is 6.92 Å². The summed E-state index contributed by atoms with van der Waals surface area (Å²) in [5.41, 5.74) is 1.80. The Morgan fingerprint density at radius 3 is 2.84 bits per heavy atom. The first-order chi connectivity index (χ1) is 12.2. The van der Waals surface area contributed by atoms with E-state index < -0.39 is 0 Å². The molecule has 0 unspecified atom stereocenters. The topological polar surface area (TPSA) is 73.3 Å². The third-order valence-electron chi connectivity index (χ3n) is 3.45. The number of nitrogens with zero attached hydrogens (tertiary/aromatic N) is 2. The minimum Gasteiger partial charge on any atom is -0.497 e. The molecule has 3 aromatic rings. The van der Waals surface area contributed by atoms with E-state index in [0.29, 0.717) is 16.7 Å². The molecule has 2 aromatic carbocycles. The Labute approximate surface area is 149 Å². The molecule has 1 heterocycles. The number of anilines is 1. The predicted molar refractivity (Wildman–Crippen MR) is 97.2 cm³/mol. The van der Waals surface area contributed by atoms with Gasteiger partial charge in [0.2, 0.25) is 5.13 Å². The highest BCUT2D eigenvalue weighted by Crippen LogP contribution is 2.24. The molecule has 0 atom stereocenters. The summed E-state index contributed by atoms with van der Waals surface area (Å²) < 4.78 is 15.0. The first-order valence-electron chi connectivity index (χ1n) is 7.62. The summed E-state index contributed by atoms with van der Waals surface area (Å²) in [7, 11) is 1.60. The first-order valence-corrected chi connectivity index (χ1v) is 8.39. The number of carbonyl (C=O) groups is 1. The molecule has 0 bridgehead atoms. The second-order valence-electron chi connectivity index (χ2n) is 5.26. The maximum atomic E-state index is 12.0. The van der Waals surface area contributed by atoms with Gasteiger partial charge in [0.05, 0.1) is 7.11 Å². The van der Waals surface area contributed by atoms with Crippen molar-refractivity contribution in [2.45, 2.75) is 6.92 Å². The Hall–Kier alpha value is -2.93. The van der Waals surface area contributed by atoms with Gasteiger partial charge in [-0.3, -0.25) is 10.1 Å². The summed E-state index contributed by atoms with van der Waals surface area (Å²) in [6, 6.07) is 15.0. The van der Waals surface area contributed by atoms with Crippen molar-refractivity contribution in [1.82, 2.24) is 9.36 Å². The van der Waals surface area contributed by atoms with Crippen LogP contribution in [0.2, 0.25) is 0 Å². The molecule has 0 saturated heterocycles. The molecule has 7 heteroatoms. The number of ether oxygens (including phenoxy) is 2. The van der Waals surface area contributed by atoms with Gasteiger partial charge < -0.3 is 9.47 Å². The Morgan fingerprint density at radius 2 is 2.04 bits per heavy atom. The first kappa shape index (κ1) is 16.9. The largest absolute Gasteiger partial charge is 0.497 e. The van der Waals surface area contributed by atoms with Gasteiger partial charge in [-0.25, -0.2) is 0 Å². The number of para-hydroxylation sites is 1. The fourth-order valence-electron chi connectivity index (χ4n) is 2.17. The van der Waals surface area contributed by atoms with E-state index in [1.165, 1.54) is 0 Å². The van der Waals surface area contributed by atoms with Gasteiger partial charge in [0.1, 0.15) is 11.5 Å². The molecule has 128 valence electrons. The molecule has 0 aliphatic carbocycles. The van der Waals surface area contributed by atoms with Gasteiger partial charge >= 0.3 is 0 Å². The number of nitrogens with one attached hydrogen (secondary N) is 1. The SMILES string of the molecule is COc1cccc(-c2nsc(NC(=O)COc3ccccc3C)n2)c1. The molecule has 0 saturated carbocycles. The van der Waals surface area contributed by atoms with E-state index in [1.54, 1.807) is 7.11 Å². The lowest BCUT2D eigenvalue weighted by Gasteiger charge is -2.07. The van der Waals surface area contributed by atoms with Crippen LogP contribution in [0.4, 0.5) is 5.13 Å². The van der Waals surface area contributed by atoms with Gasteiger partial charge in [0.15, 0.2) is 12.4 Å². The number of benzene rings is 2. The second-order valence-corrected chi connectivity index (χ2v) is 6.01. The highest BCUT2D eigenvalue weighted by Gasteiger charge is 2.11. The van der Waals surface area contributed by atoms with E-state index >= 15 is 0 Å². The summed E-state index contributed by atoms with van der Waals surface area (Å²) in [6.45, 7) is 1.84. The molecular formula is C18H17N3O3S. The number of amides is 1. The van der Waals surface area contributed by atoms with Crippen LogP contribution in [0.25, 0.3) is 11.4 Å². The molecule has 1 N–H and O–H groups in total. The van der Waals surface area contributed by atoms with Gasteiger partial charge in [-0.1, -0.05) is 30.3 Å². The van der Waals surface area contributed by atoms with Crippen molar-refractivity contribution in [1.29, 1.82) is 0 Å². The van der Waals surface area contributed by atoms with Crippen LogP contribution in [-0.4, -0.2) is 29.0 Å². The van der Waals surface area contributed by atoms with Crippen molar-refractivity contribution in [3.63, 3.8) is 0 Å². The van der Waals surface area contributed by atoms with Crippen molar-refractivity contribution in [2.75, 3.05) is 19.0 Å². The molecule has 6 nitrogen and oxygen atoms in total. The zero-order valence-electron chi connectivity index (χ0n) is 13.9. The van der Waals surface area contributed by atoms with Crippen LogP contribution in [-0.2, 0) is 4.79 Å². The van der Waals surface area contributed by atoms with Gasteiger partial charge in [0, 0.05) is 17.1 Å². The number of hydrogen-bond acceptors (Lipinski definition) is 6. The Bertz CT molecular complexity index is 879. The van der Waals surface area contributed by atoms with E-state index in [4.69, 9.17) is 9.47 Å². The monoisotopic (exact) mass is 355 g/mol. The number of aromatic nitrogens is 2. The number of carbonyl (C=O) groups excluding carboxylic acids is 1. The minimum absolute atomic E-state index is 0.0844. The average Bonchev–Trinajstić information content (AvgIpc) is 3.09. The quantitative estimate of drug-likeness (QED) is 0.732. The van der Waals surface area contributed by atoms with Crippen LogP contribution >= 0.6 is 11.5 Å². The molecule has 25 heavy (non-hydrogen) atoms. The van der Waals surface area contributed by atoms with Gasteiger partial charge in [-0.2, -0.15) is 9.36 Å². The third-order valence-corrected chi connectivity index (χ3v) is 4.08. The summed E-state index contributed by atoms with van der Waals surface area (Å²) in [5, 5.41) is 3.13. The Kier molecular flexibility index (Phi) is 5.25. The van der Waals surface area contributed by atoms with E-state index in [0.717, 1.165) is 28.4 Å². The number of hydrogen-bond donors (Lipinski definition) is 1. The molecule has 0 spiro atoms. The average molecular weight is 355 g/mol. The molecule has 0 radical (unpaired) electrons. The van der Waals surface area contributed by atoms with Crippen LogP contribution < -0.4 is 14.8 Å². The Balaban J connectivity index is 1.61. The summed E-state index contributed by atoms with van der Waals surface area (Å²) in [4.78, 5) is 16.4. The molecule has 1 aromatic heterocycles. The third kappa shape index (κ3) is 4.33. The van der Waals surface area contributed by atoms with E-state index in [-0.39, 0.29) is 12.5 Å². The van der Waals surface area contributed by atoms with E-state index in [2.05, 4.69) is 14.7 Å². The maximum absolute atomic E-state index is 12.0. The van der Waals surface area contributed by atoms with E-state index in [9.17, 15) is 4.79 Å². The molecule has 3 rings (SSSR count). The number of rotatable bonds is 6. The minimum atomic E-state index is -0.281. The lowest BCUT2D eigenvalue weighted by molar-refractivity contribution is -0.118.